The molecule has 3 nitrogen and oxygen atoms in total. The second kappa shape index (κ2) is 11.3. The first-order chi connectivity index (χ1) is 17.2. The van der Waals surface area contributed by atoms with E-state index in [1.54, 1.807) is 0 Å². The van der Waals surface area contributed by atoms with Gasteiger partial charge in [-0.3, -0.25) is 0 Å². The van der Waals surface area contributed by atoms with Gasteiger partial charge in [-0.05, 0) is 0 Å². The van der Waals surface area contributed by atoms with Gasteiger partial charge in [0.15, 0.2) is 0 Å². The Balaban J connectivity index is 0.00000200. The second-order valence-corrected chi connectivity index (χ2v) is 27.4. The summed E-state index contributed by atoms with van der Waals surface area (Å²) in [5.74, 6) is 1.02. The van der Waals surface area contributed by atoms with Crippen molar-refractivity contribution in [3.05, 3.63) is 90.0 Å². The van der Waals surface area contributed by atoms with Crippen molar-refractivity contribution in [1.82, 2.24) is 0 Å². The third-order valence-corrected chi connectivity index (χ3v) is 24.7. The van der Waals surface area contributed by atoms with E-state index in [4.69, 9.17) is 3.32 Å². The zero-order chi connectivity index (χ0) is 25.7. The number of hydrogen-bond acceptors (Lipinski definition) is 3. The number of fused-ring (bicyclic) bond motifs is 4. The van der Waals surface area contributed by atoms with E-state index in [2.05, 4.69) is 138 Å². The van der Waals surface area contributed by atoms with Crippen molar-refractivity contribution >= 4 is 54.6 Å². The summed E-state index contributed by atoms with van der Waals surface area (Å²) in [6.45, 7) is 4.74. The van der Waals surface area contributed by atoms with E-state index < -0.39 is 14.4 Å². The van der Waals surface area contributed by atoms with Crippen LogP contribution in [0.15, 0.2) is 78.9 Å². The average Bonchev–Trinajstić information content (AvgIpc) is 3.22. The van der Waals surface area contributed by atoms with Gasteiger partial charge in [0, 0.05) is 0 Å². The van der Waals surface area contributed by atoms with Crippen molar-refractivity contribution < 1.29 is 17.7 Å². The molecular formula is C31H40Cl2N2OSiTi. The maximum absolute atomic E-state index is 7.43. The Kier molecular flexibility index (Phi) is 9.07. The number of hydrogen-bond donors (Lipinski definition) is 0. The van der Waals surface area contributed by atoms with Gasteiger partial charge in [-0.15, -0.1) is 24.8 Å². The third-order valence-electron chi connectivity index (χ3n) is 8.56. The Morgan fingerprint density at radius 2 is 1.18 bits per heavy atom. The van der Waals surface area contributed by atoms with E-state index in [1.165, 1.54) is 44.4 Å². The molecule has 0 amide bonds. The van der Waals surface area contributed by atoms with Crippen molar-refractivity contribution in [1.29, 1.82) is 0 Å². The van der Waals surface area contributed by atoms with Crippen LogP contribution in [-0.4, -0.2) is 35.8 Å². The molecule has 0 aromatic heterocycles. The van der Waals surface area contributed by atoms with E-state index in [-0.39, 0.29) is 24.8 Å². The van der Waals surface area contributed by atoms with Crippen molar-refractivity contribution in [3.63, 3.8) is 0 Å². The molecule has 0 saturated carbocycles. The molecule has 1 aliphatic rings. The first-order valence-electron chi connectivity index (χ1n) is 13.0. The van der Waals surface area contributed by atoms with Crippen LogP contribution in [0.3, 0.4) is 0 Å². The first kappa shape index (κ1) is 30.6. The standard InChI is InChI=1S/C17H19N2.C10H8O.2C2H5.2ClH.H2Si.Ti/c1-18(2)14-7-5-12-9-13-6-8-15(19(3)4)11-17(13)16(12)10-14;11-10-6-5-8-3-1-2-4-9(8)7-10;2*1-2;;;;/h5-11H,1-4H3;1-7,11H;2*1H2,2H3;2*1H;1H2;/q;;;;;;;+1/p-1. The van der Waals surface area contributed by atoms with Gasteiger partial charge in [0.05, 0.1) is 0 Å². The van der Waals surface area contributed by atoms with Crippen LogP contribution < -0.4 is 13.1 Å². The monoisotopic (exact) mass is 602 g/mol. The molecule has 0 unspecified atom stereocenters. The molecule has 5 rings (SSSR count). The van der Waals surface area contributed by atoms with Gasteiger partial charge in [-0.1, -0.05) is 0 Å². The maximum Gasteiger partial charge on any atom is -0.147 e. The summed E-state index contributed by atoms with van der Waals surface area (Å²) in [4.78, 5) is 4.40. The second-order valence-electron chi connectivity index (χ2n) is 11.0. The Morgan fingerprint density at radius 1 is 0.684 bits per heavy atom. The third kappa shape index (κ3) is 5.02. The van der Waals surface area contributed by atoms with Crippen LogP contribution in [-0.2, 0) is 14.4 Å². The quantitative estimate of drug-likeness (QED) is 0.199. The molecule has 7 heteroatoms. The van der Waals surface area contributed by atoms with Crippen LogP contribution in [0.1, 0.15) is 29.2 Å². The Labute approximate surface area is 243 Å². The van der Waals surface area contributed by atoms with Crippen molar-refractivity contribution in [2.75, 3.05) is 38.0 Å². The summed E-state index contributed by atoms with van der Waals surface area (Å²) < 4.78 is 9.93. The molecule has 0 heterocycles. The number of rotatable bonds is 7. The molecular weight excluding hydrogens is 563 g/mol. The topological polar surface area (TPSA) is 15.7 Å². The first-order valence-corrected chi connectivity index (χ1v) is 20.8. The largest absolute Gasteiger partial charge is 0.147 e. The summed E-state index contributed by atoms with van der Waals surface area (Å²) in [5.41, 5.74) is 8.12. The van der Waals surface area contributed by atoms with Crippen LogP contribution in [0, 0.1) is 0 Å². The van der Waals surface area contributed by atoms with E-state index in [9.17, 15) is 0 Å². The SMILES string of the molecule is C[CH2][Ti](=[SiH2])([CH2]C)([O]c1ccc2ccccc2c1)[CH]1c2ccc(N(C)C)cc2-c2cc(N(C)C)ccc21.Cl.Cl. The smallest absolute Gasteiger partial charge is 0.147 e. The van der Waals surface area contributed by atoms with Gasteiger partial charge < -0.3 is 0 Å². The zero-order valence-corrected chi connectivity index (χ0v) is 27.9. The van der Waals surface area contributed by atoms with Crippen LogP contribution in [0.4, 0.5) is 11.4 Å². The summed E-state index contributed by atoms with van der Waals surface area (Å²) in [6, 6.07) is 29.3. The molecule has 0 spiro atoms. The van der Waals surface area contributed by atoms with Crippen LogP contribution >= 0.6 is 24.8 Å². The van der Waals surface area contributed by atoms with Gasteiger partial charge in [0.1, 0.15) is 0 Å². The van der Waals surface area contributed by atoms with Crippen LogP contribution in [0.25, 0.3) is 21.9 Å². The molecule has 0 radical (unpaired) electrons. The fourth-order valence-corrected chi connectivity index (χ4v) is 15.6. The van der Waals surface area contributed by atoms with Crippen molar-refractivity contribution in [3.8, 4) is 16.9 Å². The van der Waals surface area contributed by atoms with Crippen LogP contribution in [0.5, 0.6) is 5.75 Å². The van der Waals surface area contributed by atoms with Gasteiger partial charge in [0.25, 0.3) is 0 Å². The van der Waals surface area contributed by atoms with E-state index in [0.29, 0.717) is 4.22 Å². The molecule has 0 N–H and O–H groups in total. The number of halogens is 2. The van der Waals surface area contributed by atoms with Crippen LogP contribution in [0.2, 0.25) is 9.45 Å². The minimum absolute atomic E-state index is 0. The van der Waals surface area contributed by atoms with E-state index >= 15 is 0 Å². The zero-order valence-electron chi connectivity index (χ0n) is 23.3. The molecule has 4 aromatic rings. The van der Waals surface area contributed by atoms with Crippen molar-refractivity contribution in [2.45, 2.75) is 27.5 Å². The predicted molar refractivity (Wildman–Crippen MR) is 171 cm³/mol. The minimum atomic E-state index is -3.64. The molecule has 4 aromatic carbocycles. The molecule has 0 fully saturated rings. The van der Waals surface area contributed by atoms with E-state index in [1.807, 2.05) is 0 Å². The summed E-state index contributed by atoms with van der Waals surface area (Å²) >= 11 is -3.64. The number of benzene rings is 4. The average molecular weight is 604 g/mol. The van der Waals surface area contributed by atoms with Gasteiger partial charge in [-0.2, -0.15) is 0 Å². The van der Waals surface area contributed by atoms with Crippen molar-refractivity contribution in [2.24, 2.45) is 0 Å². The fourth-order valence-electron chi connectivity index (χ4n) is 5.98. The number of anilines is 2. The molecule has 0 bridgehead atoms. The molecule has 0 atom stereocenters. The summed E-state index contributed by atoms with van der Waals surface area (Å²) in [5, 5.41) is 2.50. The number of nitrogens with zero attached hydrogens (tertiary/aromatic N) is 2. The predicted octanol–water partition coefficient (Wildman–Crippen LogP) is 7.99. The van der Waals surface area contributed by atoms with Gasteiger partial charge in [-0.25, -0.2) is 0 Å². The molecule has 0 aliphatic heterocycles. The van der Waals surface area contributed by atoms with Gasteiger partial charge in [0.2, 0.25) is 0 Å². The fraction of sp³-hybridized carbons (Fsp3) is 0.290. The van der Waals surface area contributed by atoms with Gasteiger partial charge >= 0.3 is 220 Å². The Hall–Kier alpha value is -1.95. The minimum Gasteiger partial charge on any atom is -0.147 e. The summed E-state index contributed by atoms with van der Waals surface area (Å²) in [6.07, 6.45) is 0. The maximum atomic E-state index is 7.43. The summed E-state index contributed by atoms with van der Waals surface area (Å²) in [7, 11) is 10.7. The molecule has 202 valence electrons. The Bertz CT molecular complexity index is 1470. The Morgan fingerprint density at radius 3 is 1.66 bits per heavy atom. The molecule has 1 aliphatic carbocycles. The normalized spacial score (nSPS) is 12.7. The molecule has 0 saturated heterocycles. The van der Waals surface area contributed by atoms with E-state index in [0.717, 1.165) is 15.2 Å². The molecule has 38 heavy (non-hydrogen) atoms.